The van der Waals surface area contributed by atoms with Crippen LogP contribution in [-0.2, 0) is 9.53 Å². The van der Waals surface area contributed by atoms with E-state index in [0.717, 1.165) is 31.2 Å². The summed E-state index contributed by atoms with van der Waals surface area (Å²) >= 11 is 0. The summed E-state index contributed by atoms with van der Waals surface area (Å²) in [4.78, 5) is 17.0. The molecule has 1 aromatic carbocycles. The van der Waals surface area contributed by atoms with Crippen LogP contribution in [-0.4, -0.2) is 48.1 Å². The number of carbonyl (C=O) groups excluding carboxylic acids is 1. The number of morpholine rings is 1. The lowest BCUT2D eigenvalue weighted by molar-refractivity contribution is -0.168. The molecule has 5 rings (SSSR count). The largest absolute Gasteiger partial charge is 0.371 e. The van der Waals surface area contributed by atoms with Gasteiger partial charge in [-0.15, -0.1) is 0 Å². The molecule has 2 aliphatic heterocycles. The predicted molar refractivity (Wildman–Crippen MR) is 86.5 cm³/mol. The van der Waals surface area contributed by atoms with Gasteiger partial charge in [-0.3, -0.25) is 9.69 Å². The number of β-lactam (4-membered cyclic amide) rings is 1. The Morgan fingerprint density at radius 2 is 1.96 bits per heavy atom. The van der Waals surface area contributed by atoms with Crippen molar-refractivity contribution >= 4 is 5.91 Å². The number of carbonyl (C=O) groups is 1. The van der Waals surface area contributed by atoms with Crippen LogP contribution in [0.5, 0.6) is 0 Å². The minimum absolute atomic E-state index is 0.0356. The molecule has 0 aromatic heterocycles. The van der Waals surface area contributed by atoms with Crippen LogP contribution >= 0.6 is 0 Å². The van der Waals surface area contributed by atoms with Gasteiger partial charge in [-0.05, 0) is 48.8 Å². The molecule has 2 heterocycles. The van der Waals surface area contributed by atoms with Crippen LogP contribution in [0.1, 0.15) is 30.9 Å². The molecule has 2 aliphatic carbocycles. The molecule has 4 nitrogen and oxygen atoms in total. The van der Waals surface area contributed by atoms with Gasteiger partial charge >= 0.3 is 0 Å². The summed E-state index contributed by atoms with van der Waals surface area (Å²) in [6, 6.07) is 7.06. The molecule has 128 valence electrons. The monoisotopic (exact) mass is 330 g/mol. The Balaban J connectivity index is 1.25. The third-order valence-corrected chi connectivity index (χ3v) is 6.55. The van der Waals surface area contributed by atoms with Crippen molar-refractivity contribution in [2.24, 2.45) is 17.8 Å². The molecule has 2 saturated carbocycles. The van der Waals surface area contributed by atoms with Crippen molar-refractivity contribution in [2.75, 3.05) is 26.4 Å². The van der Waals surface area contributed by atoms with Gasteiger partial charge in [0, 0.05) is 19.1 Å². The van der Waals surface area contributed by atoms with Crippen molar-refractivity contribution in [3.8, 4) is 0 Å². The molecule has 0 spiro atoms. The van der Waals surface area contributed by atoms with Crippen LogP contribution in [0.4, 0.5) is 4.39 Å². The molecule has 2 saturated heterocycles. The first-order chi connectivity index (χ1) is 11.7. The van der Waals surface area contributed by atoms with Crippen LogP contribution in [0.15, 0.2) is 24.3 Å². The van der Waals surface area contributed by atoms with Crippen LogP contribution < -0.4 is 0 Å². The molecule has 0 radical (unpaired) electrons. The highest BCUT2D eigenvalue weighted by Crippen LogP contribution is 2.56. The lowest BCUT2D eigenvalue weighted by Gasteiger charge is -2.51. The number of rotatable bonds is 3. The van der Waals surface area contributed by atoms with Crippen molar-refractivity contribution in [3.63, 3.8) is 0 Å². The number of benzene rings is 1. The number of likely N-dealkylation sites (tertiary alicyclic amines) is 1. The maximum absolute atomic E-state index is 13.1. The highest BCUT2D eigenvalue weighted by atomic mass is 19.1. The molecule has 2 bridgehead atoms. The second-order valence-corrected chi connectivity index (χ2v) is 7.79. The molecular formula is C19H23FN2O2. The van der Waals surface area contributed by atoms with E-state index < -0.39 is 0 Å². The predicted octanol–water partition coefficient (Wildman–Crippen LogP) is 2.41. The zero-order valence-corrected chi connectivity index (χ0v) is 13.7. The molecule has 4 fully saturated rings. The summed E-state index contributed by atoms with van der Waals surface area (Å²) in [5.74, 6) is 1.89. The van der Waals surface area contributed by atoms with E-state index in [9.17, 15) is 9.18 Å². The zero-order valence-electron chi connectivity index (χ0n) is 13.7. The van der Waals surface area contributed by atoms with Gasteiger partial charge in [-0.2, -0.15) is 0 Å². The fourth-order valence-electron chi connectivity index (χ4n) is 5.40. The van der Waals surface area contributed by atoms with Gasteiger partial charge in [0.05, 0.1) is 25.3 Å². The number of halogens is 1. The number of ether oxygens (including phenoxy) is 1. The third-order valence-electron chi connectivity index (χ3n) is 6.55. The quantitative estimate of drug-likeness (QED) is 0.798. The minimum Gasteiger partial charge on any atom is -0.371 e. The van der Waals surface area contributed by atoms with Gasteiger partial charge in [0.25, 0.3) is 0 Å². The molecule has 5 atom stereocenters. The Bertz CT molecular complexity index is 649. The number of hydrogen-bond donors (Lipinski definition) is 0. The Hall–Kier alpha value is -1.46. The highest BCUT2D eigenvalue weighted by Gasteiger charge is 2.61. The lowest BCUT2D eigenvalue weighted by atomic mass is 9.76. The Morgan fingerprint density at radius 3 is 2.79 bits per heavy atom. The van der Waals surface area contributed by atoms with Crippen molar-refractivity contribution in [3.05, 3.63) is 35.6 Å². The molecule has 0 N–H and O–H groups in total. The van der Waals surface area contributed by atoms with Crippen LogP contribution in [0.3, 0.4) is 0 Å². The normalized spacial score (nSPS) is 38.3. The van der Waals surface area contributed by atoms with E-state index in [1.165, 1.54) is 31.4 Å². The van der Waals surface area contributed by atoms with E-state index in [1.807, 2.05) is 0 Å². The topological polar surface area (TPSA) is 32.8 Å². The first kappa shape index (κ1) is 14.8. The van der Waals surface area contributed by atoms with E-state index in [-0.39, 0.29) is 11.9 Å². The first-order valence-electron chi connectivity index (χ1n) is 9.10. The fraction of sp³-hybridized carbons (Fsp3) is 0.632. The molecule has 1 amide bonds. The second kappa shape index (κ2) is 5.53. The minimum atomic E-state index is -0.222. The summed E-state index contributed by atoms with van der Waals surface area (Å²) in [7, 11) is 0. The maximum Gasteiger partial charge on any atom is 0.229 e. The average molecular weight is 330 g/mol. The maximum atomic E-state index is 13.1. The molecule has 24 heavy (non-hydrogen) atoms. The summed E-state index contributed by atoms with van der Waals surface area (Å²) in [6.45, 7) is 3.00. The number of fused-ring (bicyclic) bond motifs is 5. The summed E-state index contributed by atoms with van der Waals surface area (Å²) in [6.07, 6.45) is 3.79. The standard InChI is InChI=1S/C19H23FN2O2/c20-15-5-3-12(4-6-15)16-10-21(7-8-24-16)11-22-18-14-2-1-13(9-14)17(18)19(22)23/h3-6,13-14,16-18H,1-2,7-11H2/t13-,14-,16+,17+,18+/m0/s1. The molecule has 1 aromatic rings. The van der Waals surface area contributed by atoms with Crippen LogP contribution in [0, 0.1) is 23.6 Å². The van der Waals surface area contributed by atoms with Crippen molar-refractivity contribution in [1.29, 1.82) is 0 Å². The van der Waals surface area contributed by atoms with Crippen molar-refractivity contribution in [1.82, 2.24) is 9.80 Å². The average Bonchev–Trinajstić information content (AvgIpc) is 3.19. The third kappa shape index (κ3) is 2.21. The van der Waals surface area contributed by atoms with Gasteiger partial charge in [0.15, 0.2) is 0 Å². The lowest BCUT2D eigenvalue weighted by Crippen LogP contribution is -2.66. The molecule has 5 heteroatoms. The van der Waals surface area contributed by atoms with Crippen LogP contribution in [0.25, 0.3) is 0 Å². The Kier molecular flexibility index (Phi) is 3.42. The van der Waals surface area contributed by atoms with Gasteiger partial charge < -0.3 is 9.64 Å². The SMILES string of the molecule is O=C1[C@@H]2[C@H]3CC[C@@H](C3)[C@H]2N1CN1CCO[C@@H](c2ccc(F)cc2)C1. The van der Waals surface area contributed by atoms with Gasteiger partial charge in [0.1, 0.15) is 5.82 Å². The summed E-state index contributed by atoms with van der Waals surface area (Å²) < 4.78 is 19.0. The zero-order chi connectivity index (χ0) is 16.3. The number of amides is 1. The first-order valence-corrected chi connectivity index (χ1v) is 9.10. The van der Waals surface area contributed by atoms with E-state index in [1.54, 1.807) is 12.1 Å². The summed E-state index contributed by atoms with van der Waals surface area (Å²) in [5, 5.41) is 0. The van der Waals surface area contributed by atoms with E-state index in [4.69, 9.17) is 4.74 Å². The van der Waals surface area contributed by atoms with Crippen molar-refractivity contribution in [2.45, 2.75) is 31.4 Å². The van der Waals surface area contributed by atoms with Gasteiger partial charge in [-0.25, -0.2) is 4.39 Å². The Labute approximate surface area is 141 Å². The number of nitrogens with zero attached hydrogens (tertiary/aromatic N) is 2. The molecule has 0 unspecified atom stereocenters. The smallest absolute Gasteiger partial charge is 0.229 e. The fourth-order valence-corrected chi connectivity index (χ4v) is 5.40. The number of hydrogen-bond acceptors (Lipinski definition) is 3. The highest BCUT2D eigenvalue weighted by molar-refractivity contribution is 5.87. The van der Waals surface area contributed by atoms with E-state index >= 15 is 0 Å². The second-order valence-electron chi connectivity index (χ2n) is 7.79. The van der Waals surface area contributed by atoms with Gasteiger partial charge in [-0.1, -0.05) is 12.1 Å². The van der Waals surface area contributed by atoms with Crippen LogP contribution in [0.2, 0.25) is 0 Å². The molecule has 4 aliphatic rings. The van der Waals surface area contributed by atoms with E-state index in [2.05, 4.69) is 9.80 Å². The van der Waals surface area contributed by atoms with Crippen molar-refractivity contribution < 1.29 is 13.9 Å². The summed E-state index contributed by atoms with van der Waals surface area (Å²) in [5.41, 5.74) is 1.01. The molecular weight excluding hydrogens is 307 g/mol. The Morgan fingerprint density at radius 1 is 1.17 bits per heavy atom. The van der Waals surface area contributed by atoms with E-state index in [0.29, 0.717) is 30.4 Å². The van der Waals surface area contributed by atoms with Gasteiger partial charge in [0.2, 0.25) is 5.91 Å².